The summed E-state index contributed by atoms with van der Waals surface area (Å²) in [5.41, 5.74) is 0. The van der Waals surface area contributed by atoms with E-state index in [1.54, 1.807) is 13.8 Å². The van der Waals surface area contributed by atoms with Crippen molar-refractivity contribution in [3.05, 3.63) is 0 Å². The van der Waals surface area contributed by atoms with Crippen molar-refractivity contribution in [3.63, 3.8) is 0 Å². The lowest BCUT2D eigenvalue weighted by Crippen LogP contribution is -2.54. The van der Waals surface area contributed by atoms with Gasteiger partial charge in [0, 0.05) is 32.7 Å². The fraction of sp³-hybridized carbons (Fsp3) is 0.727. The van der Waals surface area contributed by atoms with Crippen LogP contribution in [-0.4, -0.2) is 61.4 Å². The third-order valence-electron chi connectivity index (χ3n) is 2.69. The molecule has 102 valence electrons. The Balaban J connectivity index is 2.43. The van der Waals surface area contributed by atoms with Gasteiger partial charge in [-0.15, -0.1) is 0 Å². The van der Waals surface area contributed by atoms with Crippen LogP contribution in [0.3, 0.4) is 0 Å². The molecule has 1 aliphatic heterocycles. The Labute approximate surface area is 106 Å². The molecule has 18 heavy (non-hydrogen) atoms. The first-order valence-electron chi connectivity index (χ1n) is 6.14. The van der Waals surface area contributed by atoms with Gasteiger partial charge in [-0.05, 0) is 13.8 Å². The van der Waals surface area contributed by atoms with Crippen molar-refractivity contribution >= 4 is 17.7 Å². The summed E-state index contributed by atoms with van der Waals surface area (Å²) in [4.78, 5) is 36.3. The Morgan fingerprint density at radius 3 is 2.44 bits per heavy atom. The summed E-state index contributed by atoms with van der Waals surface area (Å²) in [6, 6.07) is -0.704. The number of carbonyl (C=O) groups is 3. The summed E-state index contributed by atoms with van der Waals surface area (Å²) in [5, 5.41) is 8.07. The number of hydrogen-bond acceptors (Lipinski definition) is 4. The van der Waals surface area contributed by atoms with E-state index < -0.39 is 17.9 Å². The molecule has 1 fully saturated rings. The van der Waals surface area contributed by atoms with Gasteiger partial charge >= 0.3 is 11.8 Å². The molecule has 7 heteroatoms. The highest BCUT2D eigenvalue weighted by atomic mass is 16.2. The fourth-order valence-corrected chi connectivity index (χ4v) is 1.66. The highest BCUT2D eigenvalue weighted by molar-refractivity contribution is 6.35. The average Bonchev–Trinajstić information content (AvgIpc) is 2.39. The minimum absolute atomic E-state index is 0.293. The minimum Gasteiger partial charge on any atom is -0.355 e. The monoisotopic (exact) mass is 256 g/mol. The Kier molecular flexibility index (Phi) is 5.57. The van der Waals surface area contributed by atoms with Crippen LogP contribution in [-0.2, 0) is 14.4 Å². The number of amides is 3. The number of hydrogen-bond donors (Lipinski definition) is 3. The van der Waals surface area contributed by atoms with E-state index in [-0.39, 0.29) is 5.91 Å². The molecule has 0 aromatic heterocycles. The average molecular weight is 256 g/mol. The lowest BCUT2D eigenvalue weighted by Gasteiger charge is -2.27. The van der Waals surface area contributed by atoms with Gasteiger partial charge in [0.15, 0.2) is 0 Å². The molecule has 0 aromatic rings. The first-order chi connectivity index (χ1) is 8.56. The van der Waals surface area contributed by atoms with Crippen LogP contribution in [0.5, 0.6) is 0 Å². The van der Waals surface area contributed by atoms with Gasteiger partial charge in [-0.25, -0.2) is 0 Å². The van der Waals surface area contributed by atoms with Gasteiger partial charge in [-0.3, -0.25) is 14.4 Å². The summed E-state index contributed by atoms with van der Waals surface area (Å²) in [5.74, 6) is -1.60. The molecule has 0 bridgehead atoms. The summed E-state index contributed by atoms with van der Waals surface area (Å²) in [7, 11) is 0. The zero-order valence-corrected chi connectivity index (χ0v) is 10.8. The van der Waals surface area contributed by atoms with E-state index in [1.807, 2.05) is 0 Å². The van der Waals surface area contributed by atoms with Gasteiger partial charge in [-0.2, -0.15) is 0 Å². The zero-order valence-electron chi connectivity index (χ0n) is 10.8. The SMILES string of the molecule is CCNC(=O)C(C)NC(=O)C(=O)N1CCNCC1. The molecule has 0 spiro atoms. The Morgan fingerprint density at radius 2 is 1.89 bits per heavy atom. The van der Waals surface area contributed by atoms with Crippen LogP contribution < -0.4 is 16.0 Å². The molecule has 3 N–H and O–H groups in total. The van der Waals surface area contributed by atoms with Gasteiger partial charge in [0.25, 0.3) is 0 Å². The second-order valence-corrected chi connectivity index (χ2v) is 4.13. The maximum absolute atomic E-state index is 11.8. The summed E-state index contributed by atoms with van der Waals surface area (Å²) >= 11 is 0. The molecule has 0 aliphatic carbocycles. The second kappa shape index (κ2) is 6.95. The molecule has 1 rings (SSSR count). The van der Waals surface area contributed by atoms with Crippen molar-refractivity contribution < 1.29 is 14.4 Å². The molecule has 1 saturated heterocycles. The fourth-order valence-electron chi connectivity index (χ4n) is 1.66. The van der Waals surface area contributed by atoms with Crippen molar-refractivity contribution in [2.75, 3.05) is 32.7 Å². The maximum Gasteiger partial charge on any atom is 0.311 e. The van der Waals surface area contributed by atoms with Crippen molar-refractivity contribution in [1.29, 1.82) is 0 Å². The molecule has 1 aliphatic rings. The highest BCUT2D eigenvalue weighted by Gasteiger charge is 2.25. The summed E-state index contributed by atoms with van der Waals surface area (Å²) in [6.45, 7) is 6.23. The maximum atomic E-state index is 11.8. The van der Waals surface area contributed by atoms with E-state index >= 15 is 0 Å². The highest BCUT2D eigenvalue weighted by Crippen LogP contribution is 1.94. The van der Waals surface area contributed by atoms with Gasteiger partial charge in [-0.1, -0.05) is 0 Å². The van der Waals surface area contributed by atoms with Crippen LogP contribution in [0.4, 0.5) is 0 Å². The first-order valence-corrected chi connectivity index (χ1v) is 6.14. The summed E-state index contributed by atoms with van der Waals surface area (Å²) in [6.07, 6.45) is 0. The van der Waals surface area contributed by atoms with E-state index in [0.29, 0.717) is 32.7 Å². The van der Waals surface area contributed by atoms with Gasteiger partial charge in [0.1, 0.15) is 6.04 Å². The number of likely N-dealkylation sites (N-methyl/N-ethyl adjacent to an activating group) is 1. The number of carbonyl (C=O) groups excluding carboxylic acids is 3. The first kappa shape index (κ1) is 14.4. The van der Waals surface area contributed by atoms with Crippen LogP contribution in [0.25, 0.3) is 0 Å². The number of nitrogens with one attached hydrogen (secondary N) is 3. The standard InChI is InChI=1S/C11H20N4O3/c1-3-13-9(16)8(2)14-10(17)11(18)15-6-4-12-5-7-15/h8,12H,3-7H2,1-2H3,(H,13,16)(H,14,17). The van der Waals surface area contributed by atoms with Crippen LogP contribution in [0.1, 0.15) is 13.8 Å². The van der Waals surface area contributed by atoms with Crippen LogP contribution in [0.15, 0.2) is 0 Å². The largest absolute Gasteiger partial charge is 0.355 e. The zero-order chi connectivity index (χ0) is 13.5. The van der Waals surface area contributed by atoms with Gasteiger partial charge < -0.3 is 20.9 Å². The Bertz CT molecular complexity index is 326. The number of nitrogens with zero attached hydrogens (tertiary/aromatic N) is 1. The van der Waals surface area contributed by atoms with Crippen LogP contribution in [0.2, 0.25) is 0 Å². The normalized spacial score (nSPS) is 16.9. The molecule has 1 heterocycles. The lowest BCUT2D eigenvalue weighted by atomic mass is 10.3. The van der Waals surface area contributed by atoms with E-state index in [1.165, 1.54) is 4.90 Å². The van der Waals surface area contributed by atoms with Crippen molar-refractivity contribution in [2.24, 2.45) is 0 Å². The predicted molar refractivity (Wildman–Crippen MR) is 65.7 cm³/mol. The van der Waals surface area contributed by atoms with E-state index in [0.717, 1.165) is 0 Å². The molecule has 1 atom stereocenters. The summed E-state index contributed by atoms with van der Waals surface area (Å²) < 4.78 is 0. The molecular weight excluding hydrogens is 236 g/mol. The molecule has 1 unspecified atom stereocenters. The predicted octanol–water partition coefficient (Wildman–Crippen LogP) is -1.94. The van der Waals surface area contributed by atoms with Crippen molar-refractivity contribution in [2.45, 2.75) is 19.9 Å². The quantitative estimate of drug-likeness (QED) is 0.512. The Hall–Kier alpha value is -1.63. The molecular formula is C11H20N4O3. The molecule has 3 amide bonds. The number of rotatable bonds is 3. The van der Waals surface area contributed by atoms with Crippen molar-refractivity contribution in [1.82, 2.24) is 20.9 Å². The third kappa shape index (κ3) is 3.99. The van der Waals surface area contributed by atoms with Gasteiger partial charge in [0.2, 0.25) is 5.91 Å². The smallest absolute Gasteiger partial charge is 0.311 e. The molecule has 0 radical (unpaired) electrons. The van der Waals surface area contributed by atoms with E-state index in [9.17, 15) is 14.4 Å². The Morgan fingerprint density at radius 1 is 1.28 bits per heavy atom. The topological polar surface area (TPSA) is 90.5 Å². The van der Waals surface area contributed by atoms with E-state index in [4.69, 9.17) is 0 Å². The van der Waals surface area contributed by atoms with E-state index in [2.05, 4.69) is 16.0 Å². The van der Waals surface area contributed by atoms with Gasteiger partial charge in [0.05, 0.1) is 0 Å². The lowest BCUT2D eigenvalue weighted by molar-refractivity contribution is -0.147. The molecule has 0 aromatic carbocycles. The van der Waals surface area contributed by atoms with Crippen molar-refractivity contribution in [3.8, 4) is 0 Å². The minimum atomic E-state index is -0.726. The molecule has 7 nitrogen and oxygen atoms in total. The van der Waals surface area contributed by atoms with Crippen LogP contribution >= 0.6 is 0 Å². The second-order valence-electron chi connectivity index (χ2n) is 4.13. The molecule has 0 saturated carbocycles. The third-order valence-corrected chi connectivity index (χ3v) is 2.69. The number of piperazine rings is 1. The van der Waals surface area contributed by atoms with Crippen LogP contribution in [0, 0.1) is 0 Å².